The van der Waals surface area contributed by atoms with E-state index >= 15 is 0 Å². The first-order valence-electron chi connectivity index (χ1n) is 10.4. The van der Waals surface area contributed by atoms with Gasteiger partial charge in [0, 0.05) is 33.6 Å². The number of rotatable bonds is 14. The predicted molar refractivity (Wildman–Crippen MR) is 112 cm³/mol. The van der Waals surface area contributed by atoms with E-state index in [-0.39, 0.29) is 19.8 Å². The SMILES string of the molecule is CC(=O)N[C@@H]1[C@H](OCCOCCOCCCl)O[C@H](COC(C)=O)[C@H](OC(C)=O)[C@H]1OC(C)=O. The number of hydrogen-bond acceptors (Lipinski definition) is 11. The molecule has 0 aromatic carbocycles. The third-order valence-electron chi connectivity index (χ3n) is 4.17. The summed E-state index contributed by atoms with van der Waals surface area (Å²) in [5.74, 6) is -2.02. The normalized spacial score (nSPS) is 24.6. The minimum atomic E-state index is -1.17. The molecule has 0 aromatic rings. The molecule has 13 heteroatoms. The molecule has 0 bridgehead atoms. The molecule has 0 unspecified atom stereocenters. The van der Waals surface area contributed by atoms with Crippen LogP contribution >= 0.6 is 11.6 Å². The van der Waals surface area contributed by atoms with Crippen molar-refractivity contribution < 1.29 is 52.3 Å². The number of nitrogens with one attached hydrogen (secondary N) is 1. The number of carbonyl (C=O) groups is 4. The van der Waals surface area contributed by atoms with Crippen LogP contribution in [0.25, 0.3) is 0 Å². The Bertz CT molecular complexity index is 648. The Hall–Kier alpha value is -1.99. The molecule has 12 nitrogen and oxygen atoms in total. The van der Waals surface area contributed by atoms with E-state index in [2.05, 4.69) is 5.32 Å². The molecular formula is C20H32ClNO11. The maximum atomic E-state index is 11.8. The van der Waals surface area contributed by atoms with Crippen LogP contribution in [-0.4, -0.2) is 100.0 Å². The Morgan fingerprint density at radius 1 is 0.818 bits per heavy atom. The summed E-state index contributed by atoms with van der Waals surface area (Å²) in [4.78, 5) is 46.6. The topological polar surface area (TPSA) is 145 Å². The molecule has 1 amide bonds. The third-order valence-corrected chi connectivity index (χ3v) is 4.33. The molecule has 0 aliphatic carbocycles. The second-order valence-electron chi connectivity index (χ2n) is 7.00. The molecule has 0 aromatic heterocycles. The van der Waals surface area contributed by atoms with Crippen molar-refractivity contribution in [3.8, 4) is 0 Å². The number of hydrogen-bond donors (Lipinski definition) is 1. The van der Waals surface area contributed by atoms with Crippen LogP contribution < -0.4 is 5.32 Å². The number of halogens is 1. The maximum Gasteiger partial charge on any atom is 0.303 e. The average Bonchev–Trinajstić information content (AvgIpc) is 2.71. The van der Waals surface area contributed by atoms with Crippen LogP contribution in [-0.2, 0) is 52.3 Å². The summed E-state index contributed by atoms with van der Waals surface area (Å²) in [5, 5.41) is 2.61. The molecule has 1 aliphatic heterocycles. The van der Waals surface area contributed by atoms with Gasteiger partial charge in [0.2, 0.25) is 5.91 Å². The van der Waals surface area contributed by atoms with Crippen molar-refractivity contribution in [2.24, 2.45) is 0 Å². The van der Waals surface area contributed by atoms with Crippen molar-refractivity contribution >= 4 is 35.4 Å². The number of carbonyl (C=O) groups excluding carboxylic acids is 4. The van der Waals surface area contributed by atoms with E-state index in [9.17, 15) is 19.2 Å². The highest BCUT2D eigenvalue weighted by molar-refractivity contribution is 6.17. The van der Waals surface area contributed by atoms with E-state index in [4.69, 9.17) is 44.8 Å². The van der Waals surface area contributed by atoms with Crippen LogP contribution in [0.5, 0.6) is 0 Å². The van der Waals surface area contributed by atoms with Gasteiger partial charge in [-0.2, -0.15) is 0 Å². The molecule has 1 N–H and O–H groups in total. The third kappa shape index (κ3) is 11.6. The highest BCUT2D eigenvalue weighted by Crippen LogP contribution is 2.28. The number of alkyl halides is 1. The summed E-state index contributed by atoms with van der Waals surface area (Å²) in [7, 11) is 0. The summed E-state index contributed by atoms with van der Waals surface area (Å²) in [5.41, 5.74) is 0. The van der Waals surface area contributed by atoms with Gasteiger partial charge < -0.3 is 38.5 Å². The standard InChI is InChI=1S/C20H32ClNO11/c1-12(23)22-17-19(32-15(4)26)18(31-14(3)25)16(11-30-13(2)24)33-20(17)29-10-9-28-8-7-27-6-5-21/h16-20H,5-11H2,1-4H3,(H,22,23)/t16-,17+,18+,19+,20-/m1/s1. The van der Waals surface area contributed by atoms with Crippen molar-refractivity contribution in [2.75, 3.05) is 45.5 Å². The van der Waals surface area contributed by atoms with Gasteiger partial charge in [-0.3, -0.25) is 19.2 Å². The molecule has 1 rings (SSSR count). The molecule has 33 heavy (non-hydrogen) atoms. The molecular weight excluding hydrogens is 466 g/mol. The van der Waals surface area contributed by atoms with E-state index in [1.807, 2.05) is 0 Å². The van der Waals surface area contributed by atoms with Crippen molar-refractivity contribution in [3.05, 3.63) is 0 Å². The zero-order valence-corrected chi connectivity index (χ0v) is 20.0. The Kier molecular flexibility index (Phi) is 13.9. The van der Waals surface area contributed by atoms with E-state index in [0.717, 1.165) is 6.92 Å². The second-order valence-corrected chi connectivity index (χ2v) is 7.38. The monoisotopic (exact) mass is 497 g/mol. The predicted octanol–water partition coefficient (Wildman–Crippen LogP) is -0.0689. The molecule has 0 radical (unpaired) electrons. The van der Waals surface area contributed by atoms with Gasteiger partial charge in [-0.15, -0.1) is 11.6 Å². The molecule has 0 spiro atoms. The number of esters is 3. The molecule has 1 aliphatic rings. The minimum absolute atomic E-state index is 0.0571. The summed E-state index contributed by atoms with van der Waals surface area (Å²) in [6.07, 6.45) is -4.49. The van der Waals surface area contributed by atoms with Crippen LogP contribution in [0, 0.1) is 0 Å². The van der Waals surface area contributed by atoms with Crippen LogP contribution in [0.2, 0.25) is 0 Å². The Labute approximate surface area is 197 Å². The first-order chi connectivity index (χ1) is 15.6. The zero-order chi connectivity index (χ0) is 24.8. The first kappa shape index (κ1) is 29.0. The smallest absolute Gasteiger partial charge is 0.303 e. The lowest BCUT2D eigenvalue weighted by molar-refractivity contribution is -0.279. The van der Waals surface area contributed by atoms with Gasteiger partial charge in [-0.1, -0.05) is 0 Å². The van der Waals surface area contributed by atoms with Crippen molar-refractivity contribution in [1.29, 1.82) is 0 Å². The highest BCUT2D eigenvalue weighted by Gasteiger charge is 2.51. The van der Waals surface area contributed by atoms with Crippen molar-refractivity contribution in [3.63, 3.8) is 0 Å². The van der Waals surface area contributed by atoms with Crippen LogP contribution in [0.15, 0.2) is 0 Å². The summed E-state index contributed by atoms with van der Waals surface area (Å²) in [6.45, 7) is 5.84. The van der Waals surface area contributed by atoms with Gasteiger partial charge in [-0.05, 0) is 0 Å². The van der Waals surface area contributed by atoms with E-state index in [0.29, 0.717) is 25.7 Å². The molecule has 1 fully saturated rings. The lowest BCUT2D eigenvalue weighted by Crippen LogP contribution is -2.66. The maximum absolute atomic E-state index is 11.8. The molecule has 1 heterocycles. The fourth-order valence-corrected chi connectivity index (χ4v) is 3.14. The Balaban J connectivity index is 2.95. The van der Waals surface area contributed by atoms with Crippen molar-refractivity contribution in [1.82, 2.24) is 5.32 Å². The fourth-order valence-electron chi connectivity index (χ4n) is 3.03. The largest absolute Gasteiger partial charge is 0.463 e. The van der Waals surface area contributed by atoms with Gasteiger partial charge in [0.15, 0.2) is 18.5 Å². The van der Waals surface area contributed by atoms with Gasteiger partial charge in [-0.25, -0.2) is 0 Å². The number of ether oxygens (including phenoxy) is 7. The zero-order valence-electron chi connectivity index (χ0n) is 19.2. The van der Waals surface area contributed by atoms with Crippen molar-refractivity contribution in [2.45, 2.75) is 58.3 Å². The first-order valence-corrected chi connectivity index (χ1v) is 10.9. The van der Waals surface area contributed by atoms with Gasteiger partial charge >= 0.3 is 17.9 Å². The number of amides is 1. The Morgan fingerprint density at radius 3 is 1.94 bits per heavy atom. The molecule has 1 saturated heterocycles. The van der Waals surface area contributed by atoms with Crippen LogP contribution in [0.1, 0.15) is 27.7 Å². The van der Waals surface area contributed by atoms with Crippen LogP contribution in [0.4, 0.5) is 0 Å². The van der Waals surface area contributed by atoms with Gasteiger partial charge in [0.25, 0.3) is 0 Å². The molecule has 5 atom stereocenters. The summed E-state index contributed by atoms with van der Waals surface area (Å²) < 4.78 is 37.9. The molecule has 0 saturated carbocycles. The summed E-state index contributed by atoms with van der Waals surface area (Å²) in [6, 6.07) is -1.02. The van der Waals surface area contributed by atoms with E-state index < -0.39 is 54.5 Å². The lowest BCUT2D eigenvalue weighted by atomic mass is 9.96. The van der Waals surface area contributed by atoms with E-state index in [1.54, 1.807) is 0 Å². The second kappa shape index (κ2) is 15.8. The van der Waals surface area contributed by atoms with Crippen LogP contribution in [0.3, 0.4) is 0 Å². The van der Waals surface area contributed by atoms with Gasteiger partial charge in [0.05, 0.1) is 33.0 Å². The average molecular weight is 498 g/mol. The van der Waals surface area contributed by atoms with E-state index in [1.165, 1.54) is 20.8 Å². The molecule has 190 valence electrons. The quantitative estimate of drug-likeness (QED) is 0.149. The van der Waals surface area contributed by atoms with Gasteiger partial charge in [0.1, 0.15) is 18.8 Å². The summed E-state index contributed by atoms with van der Waals surface area (Å²) >= 11 is 5.52. The lowest BCUT2D eigenvalue weighted by Gasteiger charge is -2.44. The minimum Gasteiger partial charge on any atom is -0.463 e. The Morgan fingerprint density at radius 2 is 1.39 bits per heavy atom. The highest BCUT2D eigenvalue weighted by atomic mass is 35.5. The fraction of sp³-hybridized carbons (Fsp3) is 0.800.